The van der Waals surface area contributed by atoms with Crippen molar-refractivity contribution in [2.75, 3.05) is 5.32 Å². The Kier molecular flexibility index (Phi) is 6.32. The van der Waals surface area contributed by atoms with Gasteiger partial charge in [0.15, 0.2) is 0 Å². The van der Waals surface area contributed by atoms with E-state index < -0.39 is 0 Å². The summed E-state index contributed by atoms with van der Waals surface area (Å²) in [7, 11) is 0. The molecule has 4 heteroatoms. The average molecular weight is 489 g/mol. The van der Waals surface area contributed by atoms with Crippen LogP contribution in [-0.2, 0) is 6.61 Å². The second-order valence-corrected chi connectivity index (χ2v) is 9.90. The first-order valence-electron chi connectivity index (χ1n) is 12.8. The van der Waals surface area contributed by atoms with E-state index in [1.165, 1.54) is 34.5 Å². The van der Waals surface area contributed by atoms with Gasteiger partial charge in [0, 0.05) is 17.8 Å². The van der Waals surface area contributed by atoms with Crippen LogP contribution in [0.4, 0.5) is 15.8 Å². The van der Waals surface area contributed by atoms with Crippen LogP contribution in [0.5, 0.6) is 5.75 Å². The Hall–Kier alpha value is -4.18. The van der Waals surface area contributed by atoms with Crippen LogP contribution in [-0.4, -0.2) is 6.21 Å². The number of aryl methyl sites for hydroxylation is 1. The lowest BCUT2D eigenvalue weighted by atomic mass is 9.76. The molecule has 37 heavy (non-hydrogen) atoms. The molecule has 0 amide bonds. The number of rotatable bonds is 6. The summed E-state index contributed by atoms with van der Waals surface area (Å²) in [4.78, 5) is 4.67. The van der Waals surface area contributed by atoms with E-state index in [2.05, 4.69) is 71.8 Å². The lowest BCUT2D eigenvalue weighted by Gasteiger charge is -2.37. The van der Waals surface area contributed by atoms with E-state index in [-0.39, 0.29) is 11.9 Å². The van der Waals surface area contributed by atoms with Gasteiger partial charge in [0.05, 0.1) is 11.7 Å². The third kappa shape index (κ3) is 5.05. The molecule has 0 bridgehead atoms. The lowest BCUT2D eigenvalue weighted by Crippen LogP contribution is -2.29. The molecule has 0 saturated heterocycles. The van der Waals surface area contributed by atoms with E-state index in [0.717, 1.165) is 29.0 Å². The third-order valence-electron chi connectivity index (χ3n) is 7.31. The summed E-state index contributed by atoms with van der Waals surface area (Å²) >= 11 is 0. The Bertz CT molecular complexity index is 1460. The molecule has 0 unspecified atom stereocenters. The minimum atomic E-state index is -0.254. The number of benzene rings is 4. The van der Waals surface area contributed by atoms with Gasteiger partial charge in [-0.15, -0.1) is 0 Å². The van der Waals surface area contributed by atoms with Crippen LogP contribution < -0.4 is 10.1 Å². The van der Waals surface area contributed by atoms with E-state index in [1.54, 1.807) is 6.07 Å². The highest BCUT2D eigenvalue weighted by molar-refractivity contribution is 5.82. The predicted octanol–water partition coefficient (Wildman–Crippen LogP) is 8.29. The van der Waals surface area contributed by atoms with Gasteiger partial charge in [0.25, 0.3) is 0 Å². The Morgan fingerprint density at radius 1 is 0.973 bits per heavy atom. The smallest absolute Gasteiger partial charge is 0.123 e. The molecule has 3 nitrogen and oxygen atoms in total. The topological polar surface area (TPSA) is 33.6 Å². The summed E-state index contributed by atoms with van der Waals surface area (Å²) < 4.78 is 19.1. The maximum absolute atomic E-state index is 13.3. The van der Waals surface area contributed by atoms with Crippen molar-refractivity contribution in [1.29, 1.82) is 0 Å². The Labute approximate surface area is 217 Å². The summed E-state index contributed by atoms with van der Waals surface area (Å²) in [5.41, 5.74) is 7.98. The number of nitrogens with zero attached hydrogens (tertiary/aromatic N) is 1. The second kappa shape index (κ2) is 10.1. The van der Waals surface area contributed by atoms with Crippen molar-refractivity contribution in [3.05, 3.63) is 137 Å². The lowest BCUT2D eigenvalue weighted by molar-refractivity contribution is 0.305. The molecule has 1 aliphatic heterocycles. The van der Waals surface area contributed by atoms with Gasteiger partial charge in [-0.3, -0.25) is 4.99 Å². The van der Waals surface area contributed by atoms with Gasteiger partial charge >= 0.3 is 0 Å². The zero-order chi connectivity index (χ0) is 25.2. The van der Waals surface area contributed by atoms with Crippen molar-refractivity contribution in [2.24, 2.45) is 10.9 Å². The molecule has 6 rings (SSSR count). The van der Waals surface area contributed by atoms with Crippen LogP contribution in [0.3, 0.4) is 0 Å². The number of hydrogen-bond donors (Lipinski definition) is 1. The SMILES string of the molecule is Cc1ccc2c(c1)[C@@H]1C=CC[C@@H]1[C@@H](c1ccc(N=Cc3ccc(OCc4cccc(F)c4)cc3)cc1)N2. The van der Waals surface area contributed by atoms with E-state index in [1.807, 2.05) is 36.5 Å². The Morgan fingerprint density at radius 2 is 1.81 bits per heavy atom. The number of fused-ring (bicyclic) bond motifs is 3. The van der Waals surface area contributed by atoms with E-state index >= 15 is 0 Å². The highest BCUT2D eigenvalue weighted by Gasteiger charge is 2.37. The molecule has 2 aliphatic rings. The van der Waals surface area contributed by atoms with Crippen LogP contribution in [0.1, 0.15) is 46.2 Å². The van der Waals surface area contributed by atoms with Crippen molar-refractivity contribution >= 4 is 17.6 Å². The summed E-state index contributed by atoms with van der Waals surface area (Å²) in [5.74, 6) is 1.49. The van der Waals surface area contributed by atoms with Gasteiger partial charge in [0.1, 0.15) is 18.2 Å². The fraction of sp³-hybridized carbons (Fsp3) is 0.182. The maximum atomic E-state index is 13.3. The minimum absolute atomic E-state index is 0.254. The van der Waals surface area contributed by atoms with Crippen LogP contribution in [0, 0.1) is 18.7 Å². The molecular weight excluding hydrogens is 459 g/mol. The second-order valence-electron chi connectivity index (χ2n) is 9.90. The molecule has 1 heterocycles. The largest absolute Gasteiger partial charge is 0.489 e. The minimum Gasteiger partial charge on any atom is -0.489 e. The zero-order valence-electron chi connectivity index (χ0n) is 20.8. The van der Waals surface area contributed by atoms with Gasteiger partial charge < -0.3 is 10.1 Å². The van der Waals surface area contributed by atoms with Crippen LogP contribution in [0.25, 0.3) is 0 Å². The van der Waals surface area contributed by atoms with Gasteiger partial charge in [-0.05, 0) is 96.1 Å². The quantitative estimate of drug-likeness (QED) is 0.219. The first-order chi connectivity index (χ1) is 18.1. The molecule has 0 saturated carbocycles. The third-order valence-corrected chi connectivity index (χ3v) is 7.31. The molecule has 4 aromatic carbocycles. The van der Waals surface area contributed by atoms with Gasteiger partial charge in [0.2, 0.25) is 0 Å². The fourth-order valence-electron chi connectivity index (χ4n) is 5.40. The monoisotopic (exact) mass is 488 g/mol. The molecule has 184 valence electrons. The first-order valence-corrected chi connectivity index (χ1v) is 12.8. The Balaban J connectivity index is 1.11. The van der Waals surface area contributed by atoms with E-state index in [9.17, 15) is 4.39 Å². The van der Waals surface area contributed by atoms with E-state index in [0.29, 0.717) is 18.4 Å². The highest BCUT2D eigenvalue weighted by Crippen LogP contribution is 2.50. The van der Waals surface area contributed by atoms with Crippen molar-refractivity contribution in [1.82, 2.24) is 0 Å². The standard InChI is InChI=1S/C33H29FN2O/c1-22-8-17-32-31(18-22)29-6-3-7-30(29)33(36-32)25-11-13-27(14-12-25)35-20-23-9-15-28(16-10-23)37-21-24-4-2-5-26(34)19-24/h2-6,8-20,29-30,33,36H,7,21H2,1H3/t29-,30+,33-/m1/s1. The van der Waals surface area contributed by atoms with Gasteiger partial charge in [-0.25, -0.2) is 4.39 Å². The Morgan fingerprint density at radius 3 is 2.62 bits per heavy atom. The van der Waals surface area contributed by atoms with Crippen molar-refractivity contribution < 1.29 is 9.13 Å². The molecule has 0 radical (unpaired) electrons. The molecule has 0 spiro atoms. The van der Waals surface area contributed by atoms with Gasteiger partial charge in [-0.2, -0.15) is 0 Å². The van der Waals surface area contributed by atoms with Crippen molar-refractivity contribution in [2.45, 2.75) is 31.9 Å². The predicted molar refractivity (Wildman–Crippen MR) is 148 cm³/mol. The number of ether oxygens (including phenoxy) is 1. The number of nitrogens with one attached hydrogen (secondary N) is 1. The number of allylic oxidation sites excluding steroid dienone is 2. The van der Waals surface area contributed by atoms with Crippen LogP contribution in [0.15, 0.2) is 108 Å². The van der Waals surface area contributed by atoms with Crippen molar-refractivity contribution in [3.63, 3.8) is 0 Å². The molecule has 0 aromatic heterocycles. The molecule has 3 atom stereocenters. The summed E-state index contributed by atoms with van der Waals surface area (Å²) in [5, 5.41) is 3.81. The van der Waals surface area contributed by atoms with Crippen LogP contribution >= 0.6 is 0 Å². The number of hydrogen-bond acceptors (Lipinski definition) is 3. The normalized spacial score (nSPS) is 19.9. The maximum Gasteiger partial charge on any atom is 0.123 e. The van der Waals surface area contributed by atoms with Crippen LogP contribution in [0.2, 0.25) is 0 Å². The van der Waals surface area contributed by atoms with E-state index in [4.69, 9.17) is 4.74 Å². The number of aliphatic imine (C=N–C) groups is 1. The molecular formula is C33H29FN2O. The number of halogens is 1. The van der Waals surface area contributed by atoms with Crippen molar-refractivity contribution in [3.8, 4) is 5.75 Å². The number of anilines is 1. The summed E-state index contributed by atoms with van der Waals surface area (Å²) in [6.07, 6.45) is 7.67. The molecule has 1 N–H and O–H groups in total. The molecule has 1 aliphatic carbocycles. The molecule has 0 fully saturated rings. The summed E-state index contributed by atoms with van der Waals surface area (Å²) in [6, 6.07) is 29.8. The highest BCUT2D eigenvalue weighted by atomic mass is 19.1. The fourth-order valence-corrected chi connectivity index (χ4v) is 5.40. The molecule has 4 aromatic rings. The first kappa shape index (κ1) is 23.2. The zero-order valence-corrected chi connectivity index (χ0v) is 20.8. The average Bonchev–Trinajstić information content (AvgIpc) is 3.42. The summed E-state index contributed by atoms with van der Waals surface area (Å²) in [6.45, 7) is 2.49. The van der Waals surface area contributed by atoms with Gasteiger partial charge in [-0.1, -0.05) is 54.1 Å².